The molecule has 0 unspecified atom stereocenters. The monoisotopic (exact) mass is 663 g/mol. The van der Waals surface area contributed by atoms with E-state index in [0.717, 1.165) is 11.1 Å². The molecule has 10 rings (SSSR count). The molecule has 0 aliphatic rings. The summed E-state index contributed by atoms with van der Waals surface area (Å²) >= 11 is 0. The van der Waals surface area contributed by atoms with Crippen LogP contribution in [0.5, 0.6) is 0 Å². The van der Waals surface area contributed by atoms with Crippen LogP contribution in [0.3, 0.4) is 0 Å². The van der Waals surface area contributed by atoms with Crippen LogP contribution in [0, 0.1) is 0 Å². The number of rotatable bonds is 5. The number of nitrogens with zero attached hydrogens (tertiary/aromatic N) is 5. The quantitative estimate of drug-likeness (QED) is 0.171. The van der Waals surface area contributed by atoms with Crippen LogP contribution in [-0.2, 0) is 0 Å². The number of hydrogen-bond donors (Lipinski definition) is 0. The van der Waals surface area contributed by atoms with Gasteiger partial charge in [-0.25, -0.2) is 24.9 Å². The average molecular weight is 664 g/mol. The maximum atomic E-state index is 4.93. The molecule has 242 valence electrons. The molecular weight excluding hydrogens is 635 g/mol. The molecule has 10 aromatic rings. The summed E-state index contributed by atoms with van der Waals surface area (Å²) in [5.74, 6) is 1.09. The summed E-state index contributed by atoms with van der Waals surface area (Å²) in [4.78, 5) is 23.1. The van der Waals surface area contributed by atoms with Crippen LogP contribution in [-0.4, -0.2) is 24.9 Å². The van der Waals surface area contributed by atoms with Crippen LogP contribution in [0.4, 0.5) is 0 Å². The maximum Gasteiger partial charge on any atom is 0.178 e. The van der Waals surface area contributed by atoms with Crippen LogP contribution in [0.1, 0.15) is 0 Å². The molecule has 0 radical (unpaired) electrons. The van der Waals surface area contributed by atoms with Gasteiger partial charge in [0.15, 0.2) is 11.6 Å². The Kier molecular flexibility index (Phi) is 7.07. The van der Waals surface area contributed by atoms with E-state index in [1.165, 1.54) is 65.3 Å². The predicted molar refractivity (Wildman–Crippen MR) is 213 cm³/mol. The van der Waals surface area contributed by atoms with Gasteiger partial charge in [0.05, 0.1) is 0 Å². The lowest BCUT2D eigenvalue weighted by atomic mass is 9.84. The number of hydrogen-bond acceptors (Lipinski definition) is 5. The molecule has 0 N–H and O–H groups in total. The van der Waals surface area contributed by atoms with Crippen LogP contribution < -0.4 is 0 Å². The highest BCUT2D eigenvalue weighted by molar-refractivity contribution is 6.22. The van der Waals surface area contributed by atoms with Crippen molar-refractivity contribution >= 4 is 43.1 Å². The zero-order valence-corrected chi connectivity index (χ0v) is 28.0. The van der Waals surface area contributed by atoms with Crippen molar-refractivity contribution in [3.63, 3.8) is 0 Å². The average Bonchev–Trinajstić information content (AvgIpc) is 3.22. The Labute approximate surface area is 300 Å². The second-order valence-electron chi connectivity index (χ2n) is 13.0. The fraction of sp³-hybridized carbons (Fsp3) is 0. The van der Waals surface area contributed by atoms with Crippen molar-refractivity contribution < 1.29 is 0 Å². The van der Waals surface area contributed by atoms with Crippen molar-refractivity contribution in [2.24, 2.45) is 0 Å². The lowest BCUT2D eigenvalue weighted by Gasteiger charge is -2.19. The minimum atomic E-state index is 0.545. The molecule has 7 aromatic carbocycles. The highest BCUT2D eigenvalue weighted by atomic mass is 14.9. The molecule has 3 heterocycles. The van der Waals surface area contributed by atoms with E-state index in [2.05, 4.69) is 159 Å². The Morgan fingerprint density at radius 2 is 0.731 bits per heavy atom. The molecule has 52 heavy (non-hydrogen) atoms. The van der Waals surface area contributed by atoms with Crippen molar-refractivity contribution in [2.45, 2.75) is 0 Å². The molecular formula is C47H29N5. The van der Waals surface area contributed by atoms with E-state index >= 15 is 0 Å². The second kappa shape index (κ2) is 12.3. The molecule has 0 spiro atoms. The van der Waals surface area contributed by atoms with Crippen molar-refractivity contribution in [3.8, 4) is 56.4 Å². The topological polar surface area (TPSA) is 64.5 Å². The normalized spacial score (nSPS) is 11.5. The summed E-state index contributed by atoms with van der Waals surface area (Å²) in [6.07, 6.45) is 6.95. The third kappa shape index (κ3) is 5.15. The summed E-state index contributed by atoms with van der Waals surface area (Å²) in [5.41, 5.74) is 8.13. The first kappa shape index (κ1) is 29.8. The van der Waals surface area contributed by atoms with E-state index in [0.29, 0.717) is 23.0 Å². The zero-order chi connectivity index (χ0) is 34.4. The van der Waals surface area contributed by atoms with E-state index in [-0.39, 0.29) is 0 Å². The minimum absolute atomic E-state index is 0.545. The number of pyridine rings is 1. The van der Waals surface area contributed by atoms with Gasteiger partial charge < -0.3 is 0 Å². The molecule has 0 amide bonds. The van der Waals surface area contributed by atoms with E-state index in [1.807, 2.05) is 12.1 Å². The van der Waals surface area contributed by atoms with Crippen molar-refractivity contribution in [1.29, 1.82) is 0 Å². The van der Waals surface area contributed by atoms with Crippen LogP contribution >= 0.6 is 0 Å². The van der Waals surface area contributed by atoms with Gasteiger partial charge in [0, 0.05) is 24.8 Å². The molecule has 0 aliphatic heterocycles. The number of benzene rings is 7. The van der Waals surface area contributed by atoms with Gasteiger partial charge in [-0.05, 0) is 119 Å². The molecule has 0 aliphatic carbocycles. The van der Waals surface area contributed by atoms with Crippen LogP contribution in [0.15, 0.2) is 176 Å². The smallest absolute Gasteiger partial charge is 0.178 e. The Balaban J connectivity index is 1.29. The van der Waals surface area contributed by atoms with Crippen LogP contribution in [0.2, 0.25) is 0 Å². The SMILES string of the molecule is c1cnc(-c2cc(-c3ccc4c(-c5ccc6ccccc6c5)c5ccccc5c(-c5ccc6ccccc6c5)c4c3)cc(-c3ncccn3)n2)nc1. The lowest BCUT2D eigenvalue weighted by Crippen LogP contribution is -1.97. The summed E-state index contributed by atoms with van der Waals surface area (Å²) in [5, 5.41) is 9.65. The van der Waals surface area contributed by atoms with Gasteiger partial charge in [0.1, 0.15) is 11.4 Å². The largest absolute Gasteiger partial charge is 0.241 e. The van der Waals surface area contributed by atoms with E-state index in [1.54, 1.807) is 24.8 Å². The van der Waals surface area contributed by atoms with E-state index in [9.17, 15) is 0 Å². The molecule has 0 fully saturated rings. The predicted octanol–water partition coefficient (Wildman–Crippen LogP) is 11.6. The van der Waals surface area contributed by atoms with Gasteiger partial charge in [0.2, 0.25) is 0 Å². The minimum Gasteiger partial charge on any atom is -0.241 e. The Bertz CT molecular complexity index is 2900. The zero-order valence-electron chi connectivity index (χ0n) is 28.0. The molecule has 5 nitrogen and oxygen atoms in total. The number of fused-ring (bicyclic) bond motifs is 4. The molecule has 0 bridgehead atoms. The second-order valence-corrected chi connectivity index (χ2v) is 13.0. The Hall–Kier alpha value is -7.11. The first-order valence-electron chi connectivity index (χ1n) is 17.3. The van der Waals surface area contributed by atoms with Crippen molar-refractivity contribution in [2.75, 3.05) is 0 Å². The van der Waals surface area contributed by atoms with Gasteiger partial charge in [-0.1, -0.05) is 109 Å². The summed E-state index contributed by atoms with van der Waals surface area (Å²) in [6, 6.07) is 54.1. The van der Waals surface area contributed by atoms with Crippen molar-refractivity contribution in [3.05, 3.63) is 176 Å². The highest BCUT2D eigenvalue weighted by Crippen LogP contribution is 2.46. The Morgan fingerprint density at radius 1 is 0.288 bits per heavy atom. The van der Waals surface area contributed by atoms with Gasteiger partial charge >= 0.3 is 0 Å². The van der Waals surface area contributed by atoms with Crippen LogP contribution in [0.25, 0.3) is 99.5 Å². The molecule has 5 heteroatoms. The third-order valence-electron chi connectivity index (χ3n) is 9.85. The molecule has 0 saturated heterocycles. The van der Waals surface area contributed by atoms with Crippen molar-refractivity contribution in [1.82, 2.24) is 24.9 Å². The molecule has 0 saturated carbocycles. The van der Waals surface area contributed by atoms with E-state index in [4.69, 9.17) is 4.98 Å². The lowest BCUT2D eigenvalue weighted by molar-refractivity contribution is 1.11. The fourth-order valence-electron chi connectivity index (χ4n) is 7.46. The highest BCUT2D eigenvalue weighted by Gasteiger charge is 2.19. The first-order valence-corrected chi connectivity index (χ1v) is 17.3. The summed E-state index contributed by atoms with van der Waals surface area (Å²) in [7, 11) is 0. The van der Waals surface area contributed by atoms with E-state index < -0.39 is 0 Å². The maximum absolute atomic E-state index is 4.93. The molecule has 0 atom stereocenters. The van der Waals surface area contributed by atoms with Gasteiger partial charge in [-0.2, -0.15) is 0 Å². The number of aromatic nitrogens is 5. The summed E-state index contributed by atoms with van der Waals surface area (Å²) in [6.45, 7) is 0. The third-order valence-corrected chi connectivity index (χ3v) is 9.85. The molecule has 3 aromatic heterocycles. The standard InChI is InChI=1S/C47H29N5/c1-3-11-32-25-35(17-15-30(32)9-1)44-38-13-5-6-14-39(38)45(36-18-16-31-10-2-4-12-33(31)26-36)41-27-34(19-20-40(41)44)37-28-42(46-48-21-7-22-49-46)52-43(29-37)47-50-23-8-24-51-47/h1-29H. The first-order chi connectivity index (χ1) is 25.8. The van der Waals surface area contributed by atoms with Gasteiger partial charge in [0.25, 0.3) is 0 Å². The Morgan fingerprint density at radius 3 is 1.27 bits per heavy atom. The fourth-order valence-corrected chi connectivity index (χ4v) is 7.46. The summed E-state index contributed by atoms with van der Waals surface area (Å²) < 4.78 is 0. The van der Waals surface area contributed by atoms with Gasteiger partial charge in [-0.15, -0.1) is 0 Å². The van der Waals surface area contributed by atoms with Gasteiger partial charge in [-0.3, -0.25) is 0 Å².